The van der Waals surface area contributed by atoms with Crippen molar-refractivity contribution in [1.29, 1.82) is 0 Å². The summed E-state index contributed by atoms with van der Waals surface area (Å²) in [6, 6.07) is 13.8. The third-order valence-corrected chi connectivity index (χ3v) is 7.40. The zero-order valence-corrected chi connectivity index (χ0v) is 18.8. The van der Waals surface area contributed by atoms with Gasteiger partial charge in [0.1, 0.15) is 0 Å². The molecule has 33 heavy (non-hydrogen) atoms. The van der Waals surface area contributed by atoms with Crippen molar-refractivity contribution in [2.24, 2.45) is 0 Å². The van der Waals surface area contributed by atoms with Gasteiger partial charge >= 0.3 is 0 Å². The molecule has 0 aliphatic carbocycles. The molecule has 0 radical (unpaired) electrons. The van der Waals surface area contributed by atoms with Crippen LogP contribution < -0.4 is 5.32 Å². The molecular weight excluding hydrogens is 444 g/mol. The van der Waals surface area contributed by atoms with Crippen molar-refractivity contribution in [2.75, 3.05) is 31.6 Å². The zero-order valence-electron chi connectivity index (χ0n) is 17.9. The van der Waals surface area contributed by atoms with E-state index in [-0.39, 0.29) is 28.2 Å². The normalized spacial score (nSPS) is 16.6. The number of fused-ring (bicyclic) bond motifs is 3. The van der Waals surface area contributed by atoms with Gasteiger partial charge in [0.25, 0.3) is 5.91 Å². The molecular formula is C23H22N4O5S. The molecule has 170 valence electrons. The molecule has 1 saturated heterocycles. The van der Waals surface area contributed by atoms with Crippen LogP contribution in [0, 0.1) is 0 Å². The molecule has 1 fully saturated rings. The lowest BCUT2D eigenvalue weighted by Gasteiger charge is -2.26. The van der Waals surface area contributed by atoms with Crippen LogP contribution >= 0.6 is 0 Å². The van der Waals surface area contributed by atoms with Crippen molar-refractivity contribution < 1.29 is 22.7 Å². The smallest absolute Gasteiger partial charge is 0.274 e. The minimum Gasteiger partial charge on any atom is -0.378 e. The number of anilines is 1. The monoisotopic (exact) mass is 466 g/mol. The number of nitrogens with one attached hydrogen (secondary N) is 1. The van der Waals surface area contributed by atoms with Crippen molar-refractivity contribution >= 4 is 27.3 Å². The summed E-state index contributed by atoms with van der Waals surface area (Å²) in [5.74, 6) is -0.842. The first-order chi connectivity index (χ1) is 15.8. The fourth-order valence-electron chi connectivity index (χ4n) is 4.26. The molecule has 3 heterocycles. The molecule has 0 bridgehead atoms. The highest BCUT2D eigenvalue weighted by Gasteiger charge is 2.37. The molecule has 2 aromatic carbocycles. The number of aromatic nitrogens is 2. The summed E-state index contributed by atoms with van der Waals surface area (Å²) in [6.45, 7) is 3.11. The van der Waals surface area contributed by atoms with Crippen molar-refractivity contribution in [3.63, 3.8) is 0 Å². The molecule has 0 spiro atoms. The number of hydrogen-bond acceptors (Lipinski definition) is 6. The Morgan fingerprint density at radius 1 is 1.06 bits per heavy atom. The number of amides is 2. The maximum Gasteiger partial charge on any atom is 0.274 e. The summed E-state index contributed by atoms with van der Waals surface area (Å²) >= 11 is 0. The number of carbonyl (C=O) groups excluding carboxylic acids is 2. The Balaban J connectivity index is 1.72. The minimum absolute atomic E-state index is 0.120. The van der Waals surface area contributed by atoms with E-state index in [2.05, 4.69) is 10.4 Å². The summed E-state index contributed by atoms with van der Waals surface area (Å²) in [4.78, 5) is 26.8. The van der Waals surface area contributed by atoms with Crippen LogP contribution in [0.5, 0.6) is 0 Å². The van der Waals surface area contributed by atoms with E-state index in [0.717, 1.165) is 0 Å². The number of sulfone groups is 1. The van der Waals surface area contributed by atoms with E-state index in [1.54, 1.807) is 58.1 Å². The maximum atomic E-state index is 13.4. The second kappa shape index (κ2) is 8.13. The number of carbonyl (C=O) groups is 2. The first-order valence-electron chi connectivity index (χ1n) is 10.5. The molecule has 10 heteroatoms. The van der Waals surface area contributed by atoms with Crippen molar-refractivity contribution in [3.05, 3.63) is 59.8 Å². The van der Waals surface area contributed by atoms with Crippen molar-refractivity contribution in [3.8, 4) is 16.9 Å². The van der Waals surface area contributed by atoms with Gasteiger partial charge in [-0.15, -0.1) is 0 Å². The van der Waals surface area contributed by atoms with Gasteiger partial charge in [0, 0.05) is 36.8 Å². The Morgan fingerprint density at radius 3 is 2.58 bits per heavy atom. The lowest BCUT2D eigenvalue weighted by Crippen LogP contribution is -2.41. The van der Waals surface area contributed by atoms with Crippen molar-refractivity contribution in [1.82, 2.24) is 14.7 Å². The van der Waals surface area contributed by atoms with Gasteiger partial charge in [0.05, 0.1) is 35.2 Å². The van der Waals surface area contributed by atoms with Gasteiger partial charge in [-0.05, 0) is 24.3 Å². The Bertz CT molecular complexity index is 1370. The van der Waals surface area contributed by atoms with Gasteiger partial charge in [0.2, 0.25) is 5.91 Å². The molecule has 0 unspecified atom stereocenters. The van der Waals surface area contributed by atoms with Gasteiger partial charge in [-0.25, -0.2) is 13.1 Å². The van der Waals surface area contributed by atoms with Crippen LogP contribution in [-0.4, -0.2) is 61.2 Å². The summed E-state index contributed by atoms with van der Waals surface area (Å²) in [5, 5.41) is 7.37. The third-order valence-electron chi connectivity index (χ3n) is 5.71. The van der Waals surface area contributed by atoms with Gasteiger partial charge in [0.15, 0.2) is 15.5 Å². The highest BCUT2D eigenvalue weighted by Crippen LogP contribution is 2.41. The lowest BCUT2D eigenvalue weighted by molar-refractivity contribution is -0.114. The van der Waals surface area contributed by atoms with E-state index in [0.29, 0.717) is 54.5 Å². The standard InChI is InChI=1S/C23H22N4O5S/c1-15(28)24-16-5-4-6-17(13-16)27-22-18-7-2-3-8-20(18)33(30,31)14-19(22)21(25-27)23(29)26-9-11-32-12-10-26/h2-8,13H,9-12,14H2,1H3,(H,24,28). The Hall–Kier alpha value is -3.50. The van der Waals surface area contributed by atoms with Gasteiger partial charge < -0.3 is 15.0 Å². The number of rotatable bonds is 3. The largest absolute Gasteiger partial charge is 0.378 e. The van der Waals surface area contributed by atoms with Crippen molar-refractivity contribution in [2.45, 2.75) is 17.6 Å². The minimum atomic E-state index is -3.64. The van der Waals surface area contributed by atoms with Crippen LogP contribution in [0.4, 0.5) is 5.69 Å². The van der Waals surface area contributed by atoms with Crippen LogP contribution in [0.2, 0.25) is 0 Å². The predicted molar refractivity (Wildman–Crippen MR) is 121 cm³/mol. The highest BCUT2D eigenvalue weighted by atomic mass is 32.2. The number of ether oxygens (including phenoxy) is 1. The quantitative estimate of drug-likeness (QED) is 0.634. The van der Waals surface area contributed by atoms with E-state index in [1.807, 2.05) is 0 Å². The number of benzene rings is 2. The van der Waals surface area contributed by atoms with E-state index in [9.17, 15) is 18.0 Å². The molecule has 1 aromatic heterocycles. The summed E-state index contributed by atoms with van der Waals surface area (Å²) in [5.41, 5.74) is 2.74. The van der Waals surface area contributed by atoms with Gasteiger partial charge in [-0.2, -0.15) is 5.10 Å². The second-order valence-corrected chi connectivity index (χ2v) is 9.94. The lowest BCUT2D eigenvalue weighted by atomic mass is 10.0. The number of nitrogens with zero attached hydrogens (tertiary/aromatic N) is 3. The molecule has 1 N–H and O–H groups in total. The predicted octanol–water partition coefficient (Wildman–Crippen LogP) is 2.26. The molecule has 9 nitrogen and oxygen atoms in total. The van der Waals surface area contributed by atoms with E-state index in [4.69, 9.17) is 4.74 Å². The summed E-state index contributed by atoms with van der Waals surface area (Å²) in [6.07, 6.45) is 0. The Labute approximate surface area is 190 Å². The van der Waals surface area contributed by atoms with Crippen LogP contribution in [0.3, 0.4) is 0 Å². The molecule has 0 saturated carbocycles. The van der Waals surface area contributed by atoms with E-state index in [1.165, 1.54) is 6.92 Å². The first-order valence-corrected chi connectivity index (χ1v) is 12.2. The molecule has 5 rings (SSSR count). The number of hydrogen-bond donors (Lipinski definition) is 1. The molecule has 0 atom stereocenters. The zero-order chi connectivity index (χ0) is 23.2. The van der Waals surface area contributed by atoms with Gasteiger partial charge in [-0.3, -0.25) is 9.59 Å². The van der Waals surface area contributed by atoms with Crippen LogP contribution in [0.15, 0.2) is 53.4 Å². The first kappa shape index (κ1) is 21.4. The average Bonchev–Trinajstić information content (AvgIpc) is 3.17. The Morgan fingerprint density at radius 2 is 1.82 bits per heavy atom. The molecule has 2 aliphatic heterocycles. The number of morpholine rings is 1. The Kier molecular flexibility index (Phi) is 5.26. The van der Waals surface area contributed by atoms with Crippen LogP contribution in [-0.2, 0) is 25.1 Å². The highest BCUT2D eigenvalue weighted by molar-refractivity contribution is 7.90. The van der Waals surface area contributed by atoms with E-state index >= 15 is 0 Å². The average molecular weight is 467 g/mol. The third kappa shape index (κ3) is 3.81. The summed E-state index contributed by atoms with van der Waals surface area (Å²) in [7, 11) is -3.64. The van der Waals surface area contributed by atoms with Crippen LogP contribution in [0.1, 0.15) is 23.0 Å². The fraction of sp³-hybridized carbons (Fsp3) is 0.261. The SMILES string of the molecule is CC(=O)Nc1cccc(-n2nc(C(=O)N3CCOCC3)c3c2-c2ccccc2S(=O)(=O)C3)c1. The van der Waals surface area contributed by atoms with Gasteiger partial charge in [-0.1, -0.05) is 24.3 Å². The molecule has 2 amide bonds. The molecule has 2 aliphatic rings. The fourth-order valence-corrected chi connectivity index (χ4v) is 5.85. The molecule has 3 aromatic rings. The van der Waals surface area contributed by atoms with E-state index < -0.39 is 9.84 Å². The topological polar surface area (TPSA) is 111 Å². The second-order valence-electron chi connectivity index (χ2n) is 7.98. The summed E-state index contributed by atoms with van der Waals surface area (Å²) < 4.78 is 33.1. The van der Waals surface area contributed by atoms with Crippen LogP contribution in [0.25, 0.3) is 16.9 Å². The maximum absolute atomic E-state index is 13.4.